The summed E-state index contributed by atoms with van der Waals surface area (Å²) >= 11 is 3.55. The highest BCUT2D eigenvalue weighted by Gasteiger charge is 2.11. The molecule has 1 aromatic carbocycles. The molecule has 1 unspecified atom stereocenters. The van der Waals surface area contributed by atoms with E-state index >= 15 is 0 Å². The van der Waals surface area contributed by atoms with Gasteiger partial charge in [-0.05, 0) is 25.6 Å². The van der Waals surface area contributed by atoms with Crippen LogP contribution < -0.4 is 5.32 Å². The Morgan fingerprint density at radius 2 is 2.21 bits per heavy atom. The minimum atomic E-state index is 0.245. The molecule has 0 aromatic heterocycles. The van der Waals surface area contributed by atoms with E-state index in [1.165, 1.54) is 11.1 Å². The maximum absolute atomic E-state index is 5.16. The molecule has 3 heteroatoms. The fourth-order valence-electron chi connectivity index (χ4n) is 1.43. The van der Waals surface area contributed by atoms with Crippen molar-refractivity contribution in [3.05, 3.63) is 33.8 Å². The fourth-order valence-corrected chi connectivity index (χ4v) is 1.95. The Kier molecular flexibility index (Phi) is 4.58. The monoisotopic (exact) mass is 257 g/mol. The van der Waals surface area contributed by atoms with E-state index < -0.39 is 0 Å². The summed E-state index contributed by atoms with van der Waals surface area (Å²) in [5, 5.41) is 3.23. The van der Waals surface area contributed by atoms with E-state index in [9.17, 15) is 0 Å². The number of rotatable bonds is 4. The first-order valence-corrected chi connectivity index (χ1v) is 5.40. The van der Waals surface area contributed by atoms with Crippen molar-refractivity contribution >= 4 is 15.9 Å². The molecule has 0 spiro atoms. The molecule has 0 fully saturated rings. The second-order valence-corrected chi connectivity index (χ2v) is 4.18. The Hall–Kier alpha value is -0.380. The van der Waals surface area contributed by atoms with E-state index in [0.29, 0.717) is 6.61 Å². The van der Waals surface area contributed by atoms with Gasteiger partial charge in [0.15, 0.2) is 0 Å². The van der Waals surface area contributed by atoms with E-state index in [2.05, 4.69) is 46.4 Å². The van der Waals surface area contributed by atoms with E-state index in [-0.39, 0.29) is 6.04 Å². The van der Waals surface area contributed by atoms with Crippen LogP contribution in [0.2, 0.25) is 0 Å². The maximum Gasteiger partial charge on any atom is 0.0658 e. The summed E-state index contributed by atoms with van der Waals surface area (Å²) in [6.07, 6.45) is 0. The van der Waals surface area contributed by atoms with Gasteiger partial charge >= 0.3 is 0 Å². The van der Waals surface area contributed by atoms with Gasteiger partial charge in [0.2, 0.25) is 0 Å². The van der Waals surface area contributed by atoms with E-state index in [4.69, 9.17) is 4.74 Å². The summed E-state index contributed by atoms with van der Waals surface area (Å²) in [5.41, 5.74) is 2.51. The summed E-state index contributed by atoms with van der Waals surface area (Å²) < 4.78 is 6.29. The van der Waals surface area contributed by atoms with Crippen LogP contribution >= 0.6 is 15.9 Å². The summed E-state index contributed by atoms with van der Waals surface area (Å²) in [4.78, 5) is 0. The van der Waals surface area contributed by atoms with Crippen molar-refractivity contribution in [1.29, 1.82) is 0 Å². The van der Waals surface area contributed by atoms with Crippen LogP contribution in [0.5, 0.6) is 0 Å². The molecular formula is C11H16BrNO. The number of hydrogen-bond acceptors (Lipinski definition) is 2. The van der Waals surface area contributed by atoms with Gasteiger partial charge in [-0.25, -0.2) is 0 Å². The number of ether oxygens (including phenoxy) is 1. The molecule has 14 heavy (non-hydrogen) atoms. The molecule has 0 aliphatic carbocycles. The Morgan fingerprint density at radius 1 is 1.50 bits per heavy atom. The van der Waals surface area contributed by atoms with Crippen LogP contribution in [0.15, 0.2) is 22.7 Å². The molecule has 0 bridgehead atoms. The maximum atomic E-state index is 5.16. The summed E-state index contributed by atoms with van der Waals surface area (Å²) in [6, 6.07) is 6.58. The van der Waals surface area contributed by atoms with Crippen molar-refractivity contribution in [3.63, 3.8) is 0 Å². The van der Waals surface area contributed by atoms with E-state index in [0.717, 1.165) is 4.47 Å². The SMILES string of the molecule is CNC(COC)c1cc(C)ccc1Br. The van der Waals surface area contributed by atoms with Gasteiger partial charge in [-0.1, -0.05) is 33.6 Å². The number of hydrogen-bond donors (Lipinski definition) is 1. The zero-order chi connectivity index (χ0) is 10.6. The van der Waals surface area contributed by atoms with Crippen molar-refractivity contribution in [1.82, 2.24) is 5.32 Å². The molecule has 78 valence electrons. The number of nitrogens with one attached hydrogen (secondary N) is 1. The predicted molar refractivity (Wildman–Crippen MR) is 62.6 cm³/mol. The molecule has 0 heterocycles. The minimum absolute atomic E-state index is 0.245. The lowest BCUT2D eigenvalue weighted by Gasteiger charge is -2.17. The normalized spacial score (nSPS) is 12.9. The first-order chi connectivity index (χ1) is 6.69. The molecule has 2 nitrogen and oxygen atoms in total. The fraction of sp³-hybridized carbons (Fsp3) is 0.455. The topological polar surface area (TPSA) is 21.3 Å². The Morgan fingerprint density at radius 3 is 2.79 bits per heavy atom. The molecule has 1 N–H and O–H groups in total. The van der Waals surface area contributed by atoms with Crippen molar-refractivity contribution in [2.75, 3.05) is 20.8 Å². The van der Waals surface area contributed by atoms with E-state index in [1.807, 2.05) is 7.05 Å². The average molecular weight is 258 g/mol. The highest BCUT2D eigenvalue weighted by atomic mass is 79.9. The summed E-state index contributed by atoms with van der Waals surface area (Å²) in [7, 11) is 3.66. The molecular weight excluding hydrogens is 242 g/mol. The third-order valence-electron chi connectivity index (χ3n) is 2.21. The zero-order valence-corrected chi connectivity index (χ0v) is 10.4. The number of halogens is 1. The lowest BCUT2D eigenvalue weighted by molar-refractivity contribution is 0.170. The van der Waals surface area contributed by atoms with Crippen LogP contribution in [0.4, 0.5) is 0 Å². The van der Waals surface area contributed by atoms with Gasteiger partial charge in [0, 0.05) is 11.6 Å². The van der Waals surface area contributed by atoms with Crippen LogP contribution in [0.1, 0.15) is 17.2 Å². The van der Waals surface area contributed by atoms with Crippen molar-refractivity contribution in [2.24, 2.45) is 0 Å². The molecule has 0 amide bonds. The zero-order valence-electron chi connectivity index (χ0n) is 8.80. The van der Waals surface area contributed by atoms with Crippen LogP contribution in [0.3, 0.4) is 0 Å². The lowest BCUT2D eigenvalue weighted by atomic mass is 10.1. The molecule has 0 aliphatic rings. The average Bonchev–Trinajstić information content (AvgIpc) is 2.18. The van der Waals surface area contributed by atoms with Gasteiger partial charge in [-0.3, -0.25) is 0 Å². The number of aryl methyl sites for hydroxylation is 1. The van der Waals surface area contributed by atoms with Gasteiger partial charge in [-0.2, -0.15) is 0 Å². The molecule has 1 aromatic rings. The molecule has 1 atom stereocenters. The molecule has 0 aliphatic heterocycles. The first-order valence-electron chi connectivity index (χ1n) is 4.61. The van der Waals surface area contributed by atoms with Crippen LogP contribution in [-0.4, -0.2) is 20.8 Å². The Bertz CT molecular complexity index is 301. The van der Waals surface area contributed by atoms with Gasteiger partial charge in [0.1, 0.15) is 0 Å². The first kappa shape index (κ1) is 11.7. The standard InChI is InChI=1S/C11H16BrNO/c1-8-4-5-10(12)9(6-8)11(13-2)7-14-3/h4-6,11,13H,7H2,1-3H3. The predicted octanol–water partition coefficient (Wildman–Crippen LogP) is 2.66. The highest BCUT2D eigenvalue weighted by Crippen LogP contribution is 2.24. The van der Waals surface area contributed by atoms with Crippen LogP contribution in [0, 0.1) is 6.92 Å². The van der Waals surface area contributed by atoms with Gasteiger partial charge in [0.25, 0.3) is 0 Å². The van der Waals surface area contributed by atoms with Gasteiger partial charge in [0.05, 0.1) is 12.6 Å². The van der Waals surface area contributed by atoms with Crippen molar-refractivity contribution in [2.45, 2.75) is 13.0 Å². The Labute approximate surface area is 93.8 Å². The second-order valence-electron chi connectivity index (χ2n) is 3.32. The van der Waals surface area contributed by atoms with Gasteiger partial charge in [-0.15, -0.1) is 0 Å². The molecule has 1 rings (SSSR count). The van der Waals surface area contributed by atoms with Crippen molar-refractivity contribution < 1.29 is 4.74 Å². The van der Waals surface area contributed by atoms with E-state index in [1.54, 1.807) is 7.11 Å². The number of likely N-dealkylation sites (N-methyl/N-ethyl adjacent to an activating group) is 1. The quantitative estimate of drug-likeness (QED) is 0.896. The second kappa shape index (κ2) is 5.49. The molecule has 0 saturated carbocycles. The van der Waals surface area contributed by atoms with Crippen LogP contribution in [-0.2, 0) is 4.74 Å². The number of benzene rings is 1. The minimum Gasteiger partial charge on any atom is -0.383 e. The molecule has 0 saturated heterocycles. The molecule has 0 radical (unpaired) electrons. The third-order valence-corrected chi connectivity index (χ3v) is 2.93. The highest BCUT2D eigenvalue weighted by molar-refractivity contribution is 9.10. The summed E-state index contributed by atoms with van der Waals surface area (Å²) in [5.74, 6) is 0. The smallest absolute Gasteiger partial charge is 0.0658 e. The van der Waals surface area contributed by atoms with Gasteiger partial charge < -0.3 is 10.1 Å². The largest absolute Gasteiger partial charge is 0.383 e. The Balaban J connectivity index is 2.96. The number of methoxy groups -OCH3 is 1. The van der Waals surface area contributed by atoms with Crippen molar-refractivity contribution in [3.8, 4) is 0 Å². The third kappa shape index (κ3) is 2.80. The van der Waals surface area contributed by atoms with Crippen LogP contribution in [0.25, 0.3) is 0 Å². The summed E-state index contributed by atoms with van der Waals surface area (Å²) in [6.45, 7) is 2.77. The lowest BCUT2D eigenvalue weighted by Crippen LogP contribution is -2.21.